The maximum atomic E-state index is 12.8. The Kier molecular flexibility index (Phi) is 4.85. The molecule has 6 heteroatoms. The Bertz CT molecular complexity index is 790. The smallest absolute Gasteiger partial charge is 0.290 e. The third-order valence-corrected chi connectivity index (χ3v) is 4.41. The molecule has 3 rings (SSSR count). The third-order valence-electron chi connectivity index (χ3n) is 4.41. The van der Waals surface area contributed by atoms with E-state index in [-0.39, 0.29) is 17.6 Å². The molecule has 1 atom stereocenters. The predicted molar refractivity (Wildman–Crippen MR) is 90.4 cm³/mol. The predicted octanol–water partition coefficient (Wildman–Crippen LogP) is 2.41. The van der Waals surface area contributed by atoms with E-state index in [1.807, 2.05) is 12.1 Å². The number of nitrogens with zero attached hydrogens (tertiary/aromatic N) is 3. The number of likely N-dealkylation sites (tertiary alicyclic amines) is 1. The lowest BCUT2D eigenvalue weighted by Gasteiger charge is -2.27. The fraction of sp³-hybridized carbons (Fsp3) is 0.316. The maximum Gasteiger partial charge on any atom is 0.290 e. The van der Waals surface area contributed by atoms with Crippen molar-refractivity contribution in [2.24, 2.45) is 0 Å². The van der Waals surface area contributed by atoms with Crippen LogP contribution in [0.3, 0.4) is 0 Å². The molecule has 1 saturated heterocycles. The quantitative estimate of drug-likeness (QED) is 0.858. The topological polar surface area (TPSA) is 77.5 Å². The van der Waals surface area contributed by atoms with Crippen LogP contribution in [0.15, 0.2) is 47.1 Å². The van der Waals surface area contributed by atoms with E-state index in [1.165, 1.54) is 6.26 Å². The summed E-state index contributed by atoms with van der Waals surface area (Å²) in [6.45, 7) is 0.991. The van der Waals surface area contributed by atoms with Crippen LogP contribution in [0.1, 0.15) is 34.5 Å². The Hall–Kier alpha value is -3.07. The molecule has 25 heavy (non-hydrogen) atoms. The molecule has 0 bridgehead atoms. The van der Waals surface area contributed by atoms with Gasteiger partial charge in [-0.2, -0.15) is 5.26 Å². The zero-order valence-electron chi connectivity index (χ0n) is 14.0. The average Bonchev–Trinajstić information content (AvgIpc) is 3.32. The second kappa shape index (κ2) is 7.22. The fourth-order valence-corrected chi connectivity index (χ4v) is 3.10. The van der Waals surface area contributed by atoms with Gasteiger partial charge in [0.05, 0.1) is 17.9 Å². The molecule has 0 aliphatic carbocycles. The summed E-state index contributed by atoms with van der Waals surface area (Å²) in [7, 11) is 1.73. The lowest BCUT2D eigenvalue weighted by atomic mass is 10.1. The summed E-state index contributed by atoms with van der Waals surface area (Å²) in [6, 6.07) is 12.0. The number of rotatable bonds is 4. The highest BCUT2D eigenvalue weighted by atomic mass is 16.3. The van der Waals surface area contributed by atoms with Crippen molar-refractivity contribution in [1.29, 1.82) is 5.26 Å². The Balaban J connectivity index is 1.68. The summed E-state index contributed by atoms with van der Waals surface area (Å²) in [5, 5.41) is 8.84. The zero-order valence-corrected chi connectivity index (χ0v) is 14.0. The molecule has 1 fully saturated rings. The Labute approximate surface area is 146 Å². The first-order valence-corrected chi connectivity index (χ1v) is 8.18. The van der Waals surface area contributed by atoms with E-state index < -0.39 is 6.04 Å². The Morgan fingerprint density at radius 1 is 1.32 bits per heavy atom. The molecule has 128 valence electrons. The van der Waals surface area contributed by atoms with Crippen molar-refractivity contribution >= 4 is 11.8 Å². The van der Waals surface area contributed by atoms with Crippen LogP contribution < -0.4 is 0 Å². The van der Waals surface area contributed by atoms with Crippen LogP contribution >= 0.6 is 0 Å². The number of nitriles is 1. The number of furan rings is 1. The summed E-state index contributed by atoms with van der Waals surface area (Å²) in [4.78, 5) is 28.5. The maximum absolute atomic E-state index is 12.8. The molecular weight excluding hydrogens is 318 g/mol. The zero-order chi connectivity index (χ0) is 17.8. The van der Waals surface area contributed by atoms with E-state index >= 15 is 0 Å². The minimum Gasteiger partial charge on any atom is -0.459 e. The minimum atomic E-state index is -0.457. The molecule has 2 heterocycles. The highest BCUT2D eigenvalue weighted by Crippen LogP contribution is 2.22. The number of likely N-dealkylation sites (N-methyl/N-ethyl adjacent to an activating group) is 1. The molecule has 1 aliphatic heterocycles. The van der Waals surface area contributed by atoms with Gasteiger partial charge in [-0.3, -0.25) is 9.59 Å². The molecule has 2 aromatic rings. The van der Waals surface area contributed by atoms with Crippen LogP contribution in [0.25, 0.3) is 0 Å². The number of hydrogen-bond acceptors (Lipinski definition) is 4. The molecule has 0 spiro atoms. The average molecular weight is 337 g/mol. The summed E-state index contributed by atoms with van der Waals surface area (Å²) in [5.41, 5.74) is 1.53. The first-order valence-electron chi connectivity index (χ1n) is 8.18. The summed E-state index contributed by atoms with van der Waals surface area (Å²) in [6.07, 6.45) is 2.91. The van der Waals surface area contributed by atoms with Crippen LogP contribution in [-0.4, -0.2) is 41.2 Å². The van der Waals surface area contributed by atoms with Gasteiger partial charge in [-0.05, 0) is 42.7 Å². The van der Waals surface area contributed by atoms with Gasteiger partial charge in [0, 0.05) is 20.1 Å². The molecular formula is C19H19N3O3. The summed E-state index contributed by atoms with van der Waals surface area (Å²) in [5.74, 6) is -0.0659. The number of carbonyl (C=O) groups excluding carboxylic acids is 2. The lowest BCUT2D eigenvalue weighted by Crippen LogP contribution is -2.46. The van der Waals surface area contributed by atoms with Crippen LogP contribution in [-0.2, 0) is 11.3 Å². The largest absolute Gasteiger partial charge is 0.459 e. The minimum absolute atomic E-state index is 0.0817. The molecule has 0 N–H and O–H groups in total. The normalized spacial score (nSPS) is 16.5. The van der Waals surface area contributed by atoms with Crippen LogP contribution in [0.2, 0.25) is 0 Å². The number of hydrogen-bond donors (Lipinski definition) is 0. The summed E-state index contributed by atoms with van der Waals surface area (Å²) < 4.78 is 5.17. The van der Waals surface area contributed by atoms with Gasteiger partial charge < -0.3 is 14.2 Å². The first kappa shape index (κ1) is 16.8. The Morgan fingerprint density at radius 3 is 2.72 bits per heavy atom. The SMILES string of the molecule is CN(Cc1ccc(C#N)cc1)C(=O)[C@@H]1CCCN1C(=O)c1ccco1. The molecule has 0 saturated carbocycles. The third kappa shape index (κ3) is 3.56. The van der Waals surface area contributed by atoms with E-state index in [0.29, 0.717) is 25.1 Å². The van der Waals surface area contributed by atoms with Gasteiger partial charge in [-0.15, -0.1) is 0 Å². The van der Waals surface area contributed by atoms with Gasteiger partial charge in [0.2, 0.25) is 5.91 Å². The highest BCUT2D eigenvalue weighted by molar-refractivity contribution is 5.95. The van der Waals surface area contributed by atoms with Gasteiger partial charge in [0.15, 0.2) is 5.76 Å². The van der Waals surface area contributed by atoms with Gasteiger partial charge in [-0.25, -0.2) is 0 Å². The molecule has 1 aromatic carbocycles. The van der Waals surface area contributed by atoms with Crippen molar-refractivity contribution in [3.63, 3.8) is 0 Å². The van der Waals surface area contributed by atoms with Gasteiger partial charge in [-0.1, -0.05) is 12.1 Å². The lowest BCUT2D eigenvalue weighted by molar-refractivity contribution is -0.134. The van der Waals surface area contributed by atoms with E-state index in [4.69, 9.17) is 9.68 Å². The number of amides is 2. The van der Waals surface area contributed by atoms with Crippen molar-refractivity contribution in [2.75, 3.05) is 13.6 Å². The van der Waals surface area contributed by atoms with E-state index in [1.54, 1.807) is 41.1 Å². The molecule has 6 nitrogen and oxygen atoms in total. The van der Waals surface area contributed by atoms with Gasteiger partial charge in [0.25, 0.3) is 5.91 Å². The van der Waals surface area contributed by atoms with Gasteiger partial charge in [0.1, 0.15) is 6.04 Å². The molecule has 0 unspecified atom stereocenters. The van der Waals surface area contributed by atoms with Crippen LogP contribution in [0.4, 0.5) is 0 Å². The van der Waals surface area contributed by atoms with Gasteiger partial charge >= 0.3 is 0 Å². The molecule has 2 amide bonds. The standard InChI is InChI=1S/C19H19N3O3/c1-21(13-15-8-6-14(12-20)7-9-15)18(23)16-4-2-10-22(16)19(24)17-5-3-11-25-17/h3,5-9,11,16H,2,4,10,13H2,1H3/t16-/m0/s1. The van der Waals surface area contributed by atoms with Crippen molar-refractivity contribution in [1.82, 2.24) is 9.80 Å². The molecule has 0 radical (unpaired) electrons. The van der Waals surface area contributed by atoms with Crippen molar-refractivity contribution in [2.45, 2.75) is 25.4 Å². The first-order chi connectivity index (χ1) is 12.1. The second-order valence-corrected chi connectivity index (χ2v) is 6.14. The Morgan fingerprint density at radius 2 is 2.08 bits per heavy atom. The van der Waals surface area contributed by atoms with Crippen molar-refractivity contribution in [3.8, 4) is 6.07 Å². The number of benzene rings is 1. The fourth-order valence-electron chi connectivity index (χ4n) is 3.10. The molecule has 1 aromatic heterocycles. The van der Waals surface area contributed by atoms with Crippen molar-refractivity contribution < 1.29 is 14.0 Å². The van der Waals surface area contributed by atoms with E-state index in [2.05, 4.69) is 6.07 Å². The molecule has 1 aliphatic rings. The van der Waals surface area contributed by atoms with Crippen molar-refractivity contribution in [3.05, 3.63) is 59.5 Å². The monoisotopic (exact) mass is 337 g/mol. The van der Waals surface area contributed by atoms with E-state index in [9.17, 15) is 9.59 Å². The number of carbonyl (C=O) groups is 2. The highest BCUT2D eigenvalue weighted by Gasteiger charge is 2.36. The van der Waals surface area contributed by atoms with Crippen LogP contribution in [0.5, 0.6) is 0 Å². The van der Waals surface area contributed by atoms with Crippen LogP contribution in [0, 0.1) is 11.3 Å². The van der Waals surface area contributed by atoms with E-state index in [0.717, 1.165) is 12.0 Å². The second-order valence-electron chi connectivity index (χ2n) is 6.14. The summed E-state index contributed by atoms with van der Waals surface area (Å²) >= 11 is 0.